The molecule has 0 heterocycles. The summed E-state index contributed by atoms with van der Waals surface area (Å²) in [6.07, 6.45) is 0. The Morgan fingerprint density at radius 1 is 0.611 bits per heavy atom. The molecule has 0 amide bonds. The largest absolute Gasteiger partial charge is 0.744 e. The first-order chi connectivity index (χ1) is 16.6. The van der Waals surface area contributed by atoms with Crippen molar-refractivity contribution in [1.29, 1.82) is 0 Å². The zero-order valence-corrected chi connectivity index (χ0v) is 22.4. The zero-order valence-electron chi connectivity index (χ0n) is 20.8. The van der Waals surface area contributed by atoms with Crippen molar-refractivity contribution < 1.29 is 35.7 Å². The molecule has 0 aromatic heterocycles. The van der Waals surface area contributed by atoms with Crippen LogP contribution in [0.25, 0.3) is 0 Å². The van der Waals surface area contributed by atoms with E-state index in [9.17, 15) is 25.9 Å². The van der Waals surface area contributed by atoms with Crippen molar-refractivity contribution in [2.24, 2.45) is 0 Å². The number of nitrogens with one attached hydrogen (secondary N) is 2. The molecular weight excluding hydrogens is 504 g/mol. The summed E-state index contributed by atoms with van der Waals surface area (Å²) in [6, 6.07) is 22.2. The van der Waals surface area contributed by atoms with Gasteiger partial charge in [0.05, 0.1) is 49.4 Å². The molecule has 0 aliphatic rings. The van der Waals surface area contributed by atoms with Crippen molar-refractivity contribution in [2.75, 3.05) is 39.7 Å². The van der Waals surface area contributed by atoms with E-state index in [0.29, 0.717) is 6.07 Å². The van der Waals surface area contributed by atoms with E-state index in [2.05, 4.69) is 88.9 Å². The van der Waals surface area contributed by atoms with Gasteiger partial charge in [0.25, 0.3) is 0 Å². The van der Waals surface area contributed by atoms with Gasteiger partial charge >= 0.3 is 0 Å². The van der Waals surface area contributed by atoms with Gasteiger partial charge in [0.1, 0.15) is 33.3 Å². The van der Waals surface area contributed by atoms with Gasteiger partial charge in [0.15, 0.2) is 0 Å². The van der Waals surface area contributed by atoms with Crippen molar-refractivity contribution >= 4 is 31.6 Å². The van der Waals surface area contributed by atoms with Crippen LogP contribution in [0, 0.1) is 0 Å². The molecule has 3 rings (SSSR count). The van der Waals surface area contributed by atoms with Gasteiger partial charge in [-0.3, -0.25) is 0 Å². The lowest BCUT2D eigenvalue weighted by Gasteiger charge is -2.15. The number of benzene rings is 3. The second-order valence-corrected chi connectivity index (χ2v) is 11.3. The Morgan fingerprint density at radius 2 is 0.917 bits per heavy atom. The maximum atomic E-state index is 10.7. The molecule has 6 N–H and O–H groups in total. The van der Waals surface area contributed by atoms with Gasteiger partial charge in [-0.25, -0.2) is 16.8 Å². The van der Waals surface area contributed by atoms with Gasteiger partial charge < -0.3 is 30.4 Å². The quantitative estimate of drug-likeness (QED) is 0.236. The van der Waals surface area contributed by atoms with E-state index in [4.69, 9.17) is 11.5 Å². The van der Waals surface area contributed by atoms with E-state index in [1.807, 2.05) is 0 Å². The molecule has 12 heteroatoms. The lowest BCUT2D eigenvalue weighted by Crippen LogP contribution is -3.04. The molecule has 36 heavy (non-hydrogen) atoms. The van der Waals surface area contributed by atoms with Crippen molar-refractivity contribution in [3.05, 3.63) is 83.9 Å². The predicted molar refractivity (Wildman–Crippen MR) is 137 cm³/mol. The summed E-state index contributed by atoms with van der Waals surface area (Å²) < 4.78 is 64.0. The molecule has 0 fully saturated rings. The minimum atomic E-state index is -4.97. The Labute approximate surface area is 213 Å². The lowest BCUT2D eigenvalue weighted by atomic mass is 10.2. The van der Waals surface area contributed by atoms with Crippen LogP contribution in [0.4, 0.5) is 11.4 Å². The molecule has 0 radical (unpaired) electrons. The number of nitrogens with two attached hydrogens (primary N) is 2. The predicted octanol–water partition coefficient (Wildman–Crippen LogP) is -0.679. The van der Waals surface area contributed by atoms with Gasteiger partial charge in [0, 0.05) is 11.1 Å². The molecular formula is C24H34N4O6S2. The zero-order chi connectivity index (χ0) is 27.5. The molecule has 3 aromatic rings. The van der Waals surface area contributed by atoms with E-state index in [1.54, 1.807) is 0 Å². The third kappa shape index (κ3) is 11.6. The van der Waals surface area contributed by atoms with Crippen LogP contribution in [0.1, 0.15) is 11.1 Å². The first-order valence-electron chi connectivity index (χ1n) is 10.9. The first kappa shape index (κ1) is 31.0. The van der Waals surface area contributed by atoms with Crippen LogP contribution in [-0.2, 0) is 33.3 Å². The highest BCUT2D eigenvalue weighted by Crippen LogP contribution is 2.27. The van der Waals surface area contributed by atoms with Gasteiger partial charge in [-0.05, 0) is 12.1 Å². The highest BCUT2D eigenvalue weighted by atomic mass is 32.2. The van der Waals surface area contributed by atoms with Crippen LogP contribution in [0.15, 0.2) is 82.6 Å². The van der Waals surface area contributed by atoms with Crippen LogP contribution in [0.3, 0.4) is 0 Å². The molecule has 0 unspecified atom stereocenters. The number of rotatable bonds is 6. The summed E-state index contributed by atoms with van der Waals surface area (Å²) >= 11 is 0. The lowest BCUT2D eigenvalue weighted by molar-refractivity contribution is -0.872. The van der Waals surface area contributed by atoms with E-state index in [1.165, 1.54) is 20.9 Å². The second-order valence-electron chi connectivity index (χ2n) is 8.58. The van der Waals surface area contributed by atoms with Crippen molar-refractivity contribution in [3.63, 3.8) is 0 Å². The fourth-order valence-corrected chi connectivity index (χ4v) is 4.33. The Hall–Kier alpha value is -3.00. The van der Waals surface area contributed by atoms with Crippen molar-refractivity contribution in [2.45, 2.75) is 22.9 Å². The van der Waals surface area contributed by atoms with E-state index < -0.39 is 41.4 Å². The number of hydrogen-bond donors (Lipinski definition) is 4. The molecule has 0 saturated carbocycles. The van der Waals surface area contributed by atoms with Gasteiger partial charge in [-0.2, -0.15) is 0 Å². The molecule has 0 aliphatic heterocycles. The highest BCUT2D eigenvalue weighted by molar-refractivity contribution is 7.86. The maximum Gasteiger partial charge on any atom is 0.126 e. The van der Waals surface area contributed by atoms with Crippen molar-refractivity contribution in [1.82, 2.24) is 0 Å². The summed E-state index contributed by atoms with van der Waals surface area (Å²) in [5.41, 5.74) is 12.1. The number of hydrogen-bond acceptors (Lipinski definition) is 8. The Kier molecular flexibility index (Phi) is 12.0. The van der Waals surface area contributed by atoms with Crippen LogP contribution < -0.4 is 21.3 Å². The number of nitrogen functional groups attached to an aromatic ring is 2. The molecule has 3 aromatic carbocycles. The SMILES string of the molecule is C[NH+](C)Cc1ccccc1.C[NH+](C)Cc1ccccc1.Nc1cc(N)c(S(=O)(=O)[O-])cc1S(=O)(=O)[O-]. The fourth-order valence-electron chi connectivity index (χ4n) is 3.04. The molecule has 0 atom stereocenters. The third-order valence-electron chi connectivity index (χ3n) is 4.48. The molecule has 0 bridgehead atoms. The first-order valence-corrected chi connectivity index (χ1v) is 13.7. The molecule has 0 aliphatic carbocycles. The summed E-state index contributed by atoms with van der Waals surface area (Å²) in [5, 5.41) is 0. The standard InChI is InChI=1S/2C9H13N.C6H8N2O6S2/c2*1-10(2)8-9-6-4-3-5-7-9;7-3-1-4(8)6(16(12,13)14)2-5(3)15(9,10)11/h2*3-7H,8H2,1-2H3;1-2H,7-8H2,(H,9,10,11)(H,12,13,14). The van der Waals surface area contributed by atoms with Gasteiger partial charge in [0.2, 0.25) is 0 Å². The Balaban J connectivity index is 0.000000282. The minimum Gasteiger partial charge on any atom is -0.744 e. The average molecular weight is 539 g/mol. The summed E-state index contributed by atoms with van der Waals surface area (Å²) in [7, 11) is -1.29. The van der Waals surface area contributed by atoms with Gasteiger partial charge in [-0.15, -0.1) is 0 Å². The van der Waals surface area contributed by atoms with E-state index >= 15 is 0 Å². The Bertz CT molecular complexity index is 1200. The van der Waals surface area contributed by atoms with Crippen LogP contribution >= 0.6 is 0 Å². The average Bonchev–Trinajstić information content (AvgIpc) is 2.73. The maximum absolute atomic E-state index is 10.7. The summed E-state index contributed by atoms with van der Waals surface area (Å²) in [4.78, 5) is 0.949. The smallest absolute Gasteiger partial charge is 0.126 e. The molecule has 0 spiro atoms. The summed E-state index contributed by atoms with van der Waals surface area (Å²) in [6.45, 7) is 2.22. The highest BCUT2D eigenvalue weighted by Gasteiger charge is 2.14. The normalized spacial score (nSPS) is 11.3. The fraction of sp³-hybridized carbons (Fsp3) is 0.250. The Morgan fingerprint density at radius 3 is 1.17 bits per heavy atom. The molecule has 198 valence electrons. The van der Waals surface area contributed by atoms with Crippen LogP contribution in [-0.4, -0.2) is 54.1 Å². The number of quaternary nitrogens is 2. The topological polar surface area (TPSA) is 175 Å². The monoisotopic (exact) mass is 538 g/mol. The second kappa shape index (κ2) is 13.9. The van der Waals surface area contributed by atoms with Crippen LogP contribution in [0.5, 0.6) is 0 Å². The van der Waals surface area contributed by atoms with Crippen LogP contribution in [0.2, 0.25) is 0 Å². The third-order valence-corrected chi connectivity index (χ3v) is 6.27. The van der Waals surface area contributed by atoms with E-state index in [-0.39, 0.29) is 0 Å². The molecule has 10 nitrogen and oxygen atoms in total. The minimum absolute atomic E-state index is 0.356. The van der Waals surface area contributed by atoms with Gasteiger partial charge in [-0.1, -0.05) is 60.7 Å². The number of anilines is 2. The molecule has 0 saturated heterocycles. The van der Waals surface area contributed by atoms with Crippen molar-refractivity contribution in [3.8, 4) is 0 Å². The van der Waals surface area contributed by atoms with E-state index in [0.717, 1.165) is 19.2 Å². The summed E-state index contributed by atoms with van der Waals surface area (Å²) in [5.74, 6) is 0.